The summed E-state index contributed by atoms with van der Waals surface area (Å²) in [6, 6.07) is 12.2. The number of ether oxygens (including phenoxy) is 1. The van der Waals surface area contributed by atoms with Crippen molar-refractivity contribution in [3.05, 3.63) is 46.3 Å². The van der Waals surface area contributed by atoms with E-state index in [1.165, 1.54) is 22.5 Å². The SMILES string of the molecule is CC(C)[C@](C)(C#N)NC(=O)COC(=O)c1cc2c(s1)-c1ccccc1CC2. The third-order valence-corrected chi connectivity index (χ3v) is 6.25. The molecule has 1 aromatic heterocycles. The van der Waals surface area contributed by atoms with Crippen LogP contribution in [-0.4, -0.2) is 24.0 Å². The third-order valence-electron chi connectivity index (χ3n) is 5.06. The van der Waals surface area contributed by atoms with Crippen LogP contribution in [0, 0.1) is 17.2 Å². The lowest BCUT2D eigenvalue weighted by Gasteiger charge is -2.27. The van der Waals surface area contributed by atoms with Gasteiger partial charge in [0.2, 0.25) is 0 Å². The summed E-state index contributed by atoms with van der Waals surface area (Å²) in [5.41, 5.74) is 2.61. The molecule has 1 aliphatic carbocycles. The topological polar surface area (TPSA) is 79.2 Å². The average molecular weight is 382 g/mol. The Balaban J connectivity index is 1.66. The van der Waals surface area contributed by atoms with Gasteiger partial charge in [-0.05, 0) is 48.4 Å². The summed E-state index contributed by atoms with van der Waals surface area (Å²) < 4.78 is 5.18. The molecule has 0 fully saturated rings. The van der Waals surface area contributed by atoms with Crippen molar-refractivity contribution in [2.75, 3.05) is 6.61 Å². The second-order valence-electron chi connectivity index (χ2n) is 7.22. The summed E-state index contributed by atoms with van der Waals surface area (Å²) in [5.74, 6) is -1.05. The molecule has 1 aliphatic rings. The van der Waals surface area contributed by atoms with Gasteiger partial charge in [0, 0.05) is 4.88 Å². The van der Waals surface area contributed by atoms with Crippen molar-refractivity contribution in [1.82, 2.24) is 5.32 Å². The van der Waals surface area contributed by atoms with Gasteiger partial charge >= 0.3 is 5.97 Å². The molecule has 6 heteroatoms. The molecule has 27 heavy (non-hydrogen) atoms. The zero-order chi connectivity index (χ0) is 19.6. The van der Waals surface area contributed by atoms with Crippen molar-refractivity contribution in [3.8, 4) is 16.5 Å². The number of hydrogen-bond acceptors (Lipinski definition) is 5. The van der Waals surface area contributed by atoms with Crippen LogP contribution in [0.4, 0.5) is 0 Å². The van der Waals surface area contributed by atoms with Crippen molar-refractivity contribution in [1.29, 1.82) is 5.26 Å². The van der Waals surface area contributed by atoms with Crippen LogP contribution in [0.15, 0.2) is 30.3 Å². The number of nitrogens with one attached hydrogen (secondary N) is 1. The Kier molecular flexibility index (Phi) is 5.33. The maximum absolute atomic E-state index is 12.4. The van der Waals surface area contributed by atoms with Crippen LogP contribution >= 0.6 is 11.3 Å². The van der Waals surface area contributed by atoms with Gasteiger partial charge in [-0.3, -0.25) is 4.79 Å². The molecule has 0 radical (unpaired) electrons. The molecule has 1 N–H and O–H groups in total. The molecule has 1 aromatic carbocycles. The fourth-order valence-corrected chi connectivity index (χ4v) is 4.17. The Hall–Kier alpha value is -2.65. The lowest BCUT2D eigenvalue weighted by Crippen LogP contribution is -2.50. The quantitative estimate of drug-likeness (QED) is 0.799. The minimum atomic E-state index is -0.991. The Labute approximate surface area is 163 Å². The summed E-state index contributed by atoms with van der Waals surface area (Å²) in [4.78, 5) is 26.1. The van der Waals surface area contributed by atoms with Crippen LogP contribution in [0.5, 0.6) is 0 Å². The van der Waals surface area contributed by atoms with E-state index >= 15 is 0 Å². The van der Waals surface area contributed by atoms with Crippen LogP contribution in [0.1, 0.15) is 41.6 Å². The number of rotatable bonds is 5. The number of hydrogen-bond donors (Lipinski definition) is 1. The molecular weight excluding hydrogens is 360 g/mol. The van der Waals surface area contributed by atoms with Gasteiger partial charge in [0.15, 0.2) is 6.61 Å². The Morgan fingerprint density at radius 1 is 1.30 bits per heavy atom. The predicted molar refractivity (Wildman–Crippen MR) is 104 cm³/mol. The van der Waals surface area contributed by atoms with Gasteiger partial charge in [0.05, 0.1) is 6.07 Å². The zero-order valence-corrected chi connectivity index (χ0v) is 16.5. The molecule has 0 saturated carbocycles. The second-order valence-corrected chi connectivity index (χ2v) is 8.27. The average Bonchev–Trinajstić information content (AvgIpc) is 3.10. The summed E-state index contributed by atoms with van der Waals surface area (Å²) in [6.45, 7) is 4.96. The number of nitriles is 1. The highest BCUT2D eigenvalue weighted by Crippen LogP contribution is 2.39. The fourth-order valence-electron chi connectivity index (χ4n) is 3.00. The first-order chi connectivity index (χ1) is 12.8. The maximum Gasteiger partial charge on any atom is 0.348 e. The van der Waals surface area contributed by atoms with Crippen molar-refractivity contribution in [2.45, 2.75) is 39.2 Å². The Bertz CT molecular complexity index is 926. The van der Waals surface area contributed by atoms with E-state index in [2.05, 4.69) is 23.5 Å². The molecule has 0 unspecified atom stereocenters. The molecule has 2 aromatic rings. The van der Waals surface area contributed by atoms with Crippen LogP contribution in [0.25, 0.3) is 10.4 Å². The van der Waals surface area contributed by atoms with Gasteiger partial charge < -0.3 is 10.1 Å². The first kappa shape index (κ1) is 19.1. The van der Waals surface area contributed by atoms with Gasteiger partial charge in [-0.25, -0.2) is 4.79 Å². The van der Waals surface area contributed by atoms with Gasteiger partial charge in [0.1, 0.15) is 10.4 Å². The zero-order valence-electron chi connectivity index (χ0n) is 15.7. The molecule has 1 atom stereocenters. The number of carbonyl (C=O) groups excluding carboxylic acids is 2. The molecule has 0 saturated heterocycles. The highest BCUT2D eigenvalue weighted by Gasteiger charge is 2.30. The number of nitrogens with zero attached hydrogens (tertiary/aromatic N) is 1. The van der Waals surface area contributed by atoms with Crippen molar-refractivity contribution >= 4 is 23.2 Å². The molecule has 0 aliphatic heterocycles. The van der Waals surface area contributed by atoms with Crippen molar-refractivity contribution in [2.24, 2.45) is 5.92 Å². The lowest BCUT2D eigenvalue weighted by atomic mass is 9.90. The van der Waals surface area contributed by atoms with Crippen LogP contribution in [0.3, 0.4) is 0 Å². The highest BCUT2D eigenvalue weighted by atomic mass is 32.1. The normalized spacial score (nSPS) is 14.5. The van der Waals surface area contributed by atoms with Crippen molar-refractivity contribution < 1.29 is 14.3 Å². The Morgan fingerprint density at radius 3 is 2.70 bits per heavy atom. The predicted octanol–water partition coefficient (Wildman–Crippen LogP) is 3.72. The van der Waals surface area contributed by atoms with E-state index in [9.17, 15) is 14.9 Å². The summed E-state index contributed by atoms with van der Waals surface area (Å²) >= 11 is 1.40. The molecule has 0 bridgehead atoms. The minimum absolute atomic E-state index is 0.0637. The standard InChI is InChI=1S/C21H22N2O3S/c1-13(2)21(3,12-22)23-18(24)11-26-20(25)17-10-15-9-8-14-6-4-5-7-16(14)19(15)27-17/h4-7,10,13H,8-9,11H2,1-3H3,(H,23,24)/t21-/m0/s1. The fraction of sp³-hybridized carbons (Fsp3) is 0.381. The summed E-state index contributed by atoms with van der Waals surface area (Å²) in [6.07, 6.45) is 1.85. The van der Waals surface area contributed by atoms with Crippen LogP contribution in [0.2, 0.25) is 0 Å². The summed E-state index contributed by atoms with van der Waals surface area (Å²) in [5, 5.41) is 11.9. The second kappa shape index (κ2) is 7.53. The molecule has 3 rings (SSSR count). The van der Waals surface area contributed by atoms with E-state index in [0.717, 1.165) is 23.3 Å². The number of benzene rings is 1. The number of thiophene rings is 1. The molecule has 140 valence electrons. The van der Waals surface area contributed by atoms with Gasteiger partial charge in [-0.2, -0.15) is 5.26 Å². The first-order valence-corrected chi connectivity index (χ1v) is 9.76. The number of carbonyl (C=O) groups is 2. The number of amides is 1. The molecular formula is C21H22N2O3S. The smallest absolute Gasteiger partial charge is 0.348 e. The maximum atomic E-state index is 12.4. The van der Waals surface area contributed by atoms with E-state index in [4.69, 9.17) is 4.74 Å². The molecule has 5 nitrogen and oxygen atoms in total. The Morgan fingerprint density at radius 2 is 2.00 bits per heavy atom. The number of aryl methyl sites for hydroxylation is 2. The van der Waals surface area contributed by atoms with Gasteiger partial charge in [-0.1, -0.05) is 38.1 Å². The molecule has 0 spiro atoms. The van der Waals surface area contributed by atoms with Gasteiger partial charge in [0.25, 0.3) is 5.91 Å². The summed E-state index contributed by atoms with van der Waals surface area (Å²) in [7, 11) is 0. The van der Waals surface area contributed by atoms with E-state index in [-0.39, 0.29) is 5.92 Å². The molecule has 1 heterocycles. The van der Waals surface area contributed by atoms with Gasteiger partial charge in [-0.15, -0.1) is 11.3 Å². The molecule has 1 amide bonds. The van der Waals surface area contributed by atoms with E-state index in [1.807, 2.05) is 32.0 Å². The van der Waals surface area contributed by atoms with Crippen LogP contribution < -0.4 is 5.32 Å². The lowest BCUT2D eigenvalue weighted by molar-refractivity contribution is -0.125. The highest BCUT2D eigenvalue weighted by molar-refractivity contribution is 7.17. The number of esters is 1. The largest absolute Gasteiger partial charge is 0.451 e. The minimum Gasteiger partial charge on any atom is -0.451 e. The van der Waals surface area contributed by atoms with E-state index in [1.54, 1.807) is 6.92 Å². The number of fused-ring (bicyclic) bond motifs is 3. The van der Waals surface area contributed by atoms with Crippen molar-refractivity contribution in [3.63, 3.8) is 0 Å². The first-order valence-electron chi connectivity index (χ1n) is 8.94. The van der Waals surface area contributed by atoms with Crippen LogP contribution in [-0.2, 0) is 22.4 Å². The third kappa shape index (κ3) is 3.88. The van der Waals surface area contributed by atoms with E-state index < -0.39 is 24.0 Å². The monoisotopic (exact) mass is 382 g/mol. The van der Waals surface area contributed by atoms with E-state index in [0.29, 0.717) is 4.88 Å².